The molecule has 0 radical (unpaired) electrons. The Morgan fingerprint density at radius 2 is 1.67 bits per heavy atom. The predicted molar refractivity (Wildman–Crippen MR) is 166 cm³/mol. The molecule has 1 amide bonds. The number of nitro groups is 1. The average molecular weight is 589 g/mol. The first-order chi connectivity index (χ1) is 20.6. The largest absolute Gasteiger partial charge is 0.465 e. The Labute approximate surface area is 251 Å². The summed E-state index contributed by atoms with van der Waals surface area (Å²) < 4.78 is 0. The van der Waals surface area contributed by atoms with Crippen molar-refractivity contribution in [3.63, 3.8) is 0 Å². The maximum atomic E-state index is 11.8. The molecule has 1 atom stereocenters. The van der Waals surface area contributed by atoms with E-state index >= 15 is 0 Å². The average Bonchev–Trinajstić information content (AvgIpc) is 2.93. The van der Waals surface area contributed by atoms with Crippen LogP contribution in [0, 0.1) is 15.5 Å². The number of para-hydroxylation sites is 1. The Bertz CT molecular complexity index is 1480. The molecular weight excluding hydrogens is 548 g/mol. The number of non-ortho nitro benzene ring substituents is 1. The maximum Gasteiger partial charge on any atom is 0.407 e. The maximum absolute atomic E-state index is 11.8. The molecule has 3 aromatic rings. The quantitative estimate of drug-likeness (QED) is 0.296. The molecule has 0 bridgehead atoms. The Kier molecular flexibility index (Phi) is 7.82. The molecule has 1 unspecified atom stereocenters. The number of carboxylic acid groups (broad SMARTS) is 1. The van der Waals surface area contributed by atoms with E-state index in [1.807, 2.05) is 24.3 Å². The van der Waals surface area contributed by atoms with Crippen LogP contribution in [0.5, 0.6) is 0 Å². The molecule has 3 saturated heterocycles. The number of piperazine rings is 1. The number of amides is 1. The molecule has 3 aliphatic rings. The number of fused-ring (bicyclic) bond motifs is 1. The summed E-state index contributed by atoms with van der Waals surface area (Å²) in [7, 11) is 0. The third-order valence-electron chi connectivity index (χ3n) is 9.17. The van der Waals surface area contributed by atoms with E-state index in [-0.39, 0.29) is 22.1 Å². The molecule has 0 spiro atoms. The second-order valence-electron chi connectivity index (χ2n) is 13.0. The van der Waals surface area contributed by atoms with Gasteiger partial charge in [0.05, 0.1) is 16.5 Å². The monoisotopic (exact) mass is 588 g/mol. The van der Waals surface area contributed by atoms with Crippen LogP contribution in [0.3, 0.4) is 0 Å². The molecule has 3 aliphatic heterocycles. The minimum atomic E-state index is -0.817. The van der Waals surface area contributed by atoms with E-state index in [1.54, 1.807) is 17.0 Å². The Hall–Kier alpha value is -4.03. The normalized spacial score (nSPS) is 20.6. The summed E-state index contributed by atoms with van der Waals surface area (Å²) >= 11 is 0. The van der Waals surface area contributed by atoms with E-state index < -0.39 is 6.09 Å². The Morgan fingerprint density at radius 3 is 2.35 bits per heavy atom. The molecular formula is C31H40N8O4. The standard InChI is InChI=1S/C31H40N8O4/c1-31(2,3)27-20-35(14-15-38(27)30(40)41)23-16-36(17-23)24-18-37(19-24)29-33-26-7-5-4-6-25(26)28(34-29)32-13-12-21-8-10-22(11-9-21)39(42)43/h4-11,23-24,27H,12-20H2,1-3H3,(H,40,41)(H,32,33,34). The fourth-order valence-corrected chi connectivity index (χ4v) is 6.42. The number of likely N-dealkylation sites (tertiary alicyclic amines) is 1. The van der Waals surface area contributed by atoms with Crippen LogP contribution in [0.2, 0.25) is 0 Å². The number of benzene rings is 2. The van der Waals surface area contributed by atoms with Crippen molar-refractivity contribution in [2.75, 3.05) is 62.6 Å². The number of nitro benzene ring substituents is 1. The number of carbonyl (C=O) groups is 1. The summed E-state index contributed by atoms with van der Waals surface area (Å²) in [6.07, 6.45) is -0.0989. The highest BCUT2D eigenvalue weighted by Gasteiger charge is 2.45. The smallest absolute Gasteiger partial charge is 0.407 e. The second kappa shape index (κ2) is 11.6. The number of aromatic nitrogens is 2. The fourth-order valence-electron chi connectivity index (χ4n) is 6.42. The van der Waals surface area contributed by atoms with E-state index in [0.717, 1.165) is 73.9 Å². The van der Waals surface area contributed by atoms with Crippen molar-refractivity contribution >= 4 is 34.4 Å². The topological polar surface area (TPSA) is 131 Å². The van der Waals surface area contributed by atoms with Gasteiger partial charge in [-0.25, -0.2) is 9.78 Å². The van der Waals surface area contributed by atoms with Crippen LogP contribution < -0.4 is 10.2 Å². The molecule has 43 heavy (non-hydrogen) atoms. The number of nitrogens with one attached hydrogen (secondary N) is 1. The lowest BCUT2D eigenvalue weighted by Gasteiger charge is -2.56. The van der Waals surface area contributed by atoms with Gasteiger partial charge in [-0.05, 0) is 29.5 Å². The zero-order valence-corrected chi connectivity index (χ0v) is 25.0. The van der Waals surface area contributed by atoms with E-state index in [9.17, 15) is 20.0 Å². The van der Waals surface area contributed by atoms with Crippen LogP contribution in [-0.2, 0) is 6.42 Å². The molecule has 1 aromatic heterocycles. The lowest BCUT2D eigenvalue weighted by molar-refractivity contribution is -0.384. The molecule has 0 saturated carbocycles. The SMILES string of the molecule is CC(C)(C)C1CN(C2CN(C3CN(c4nc(NCCc5ccc([N+](=O)[O-])cc5)c5ccccc5n4)C3)C2)CCN1C(=O)O. The summed E-state index contributed by atoms with van der Waals surface area (Å²) in [6, 6.07) is 15.6. The summed E-state index contributed by atoms with van der Waals surface area (Å²) in [5.74, 6) is 1.52. The summed E-state index contributed by atoms with van der Waals surface area (Å²) in [4.78, 5) is 41.0. The molecule has 6 rings (SSSR count). The molecule has 3 fully saturated rings. The molecule has 12 nitrogen and oxygen atoms in total. The van der Waals surface area contributed by atoms with E-state index in [0.29, 0.717) is 25.2 Å². The molecule has 2 aromatic carbocycles. The van der Waals surface area contributed by atoms with E-state index in [1.165, 1.54) is 12.1 Å². The van der Waals surface area contributed by atoms with Gasteiger partial charge in [0.1, 0.15) is 5.82 Å². The van der Waals surface area contributed by atoms with Crippen LogP contribution in [0.25, 0.3) is 10.9 Å². The van der Waals surface area contributed by atoms with E-state index in [4.69, 9.17) is 9.97 Å². The number of rotatable bonds is 8. The van der Waals surface area contributed by atoms with Gasteiger partial charge in [0, 0.05) is 82.0 Å². The molecule has 12 heteroatoms. The second-order valence-corrected chi connectivity index (χ2v) is 13.0. The first-order valence-electron chi connectivity index (χ1n) is 15.0. The number of anilines is 2. The number of hydrogen-bond donors (Lipinski definition) is 2. The number of hydrogen-bond acceptors (Lipinski definition) is 9. The van der Waals surface area contributed by atoms with Crippen LogP contribution in [-0.4, -0.2) is 111 Å². The fraction of sp³-hybridized carbons (Fsp3) is 0.516. The highest BCUT2D eigenvalue weighted by Crippen LogP contribution is 2.33. The van der Waals surface area contributed by atoms with Gasteiger partial charge in [-0.15, -0.1) is 0 Å². The lowest BCUT2D eigenvalue weighted by atomic mass is 9.83. The first kappa shape index (κ1) is 29.1. The zero-order valence-electron chi connectivity index (χ0n) is 25.0. The van der Waals surface area contributed by atoms with Gasteiger partial charge in [0.25, 0.3) is 5.69 Å². The molecule has 2 N–H and O–H groups in total. The van der Waals surface area contributed by atoms with Crippen molar-refractivity contribution in [3.05, 3.63) is 64.2 Å². The molecule has 4 heterocycles. The van der Waals surface area contributed by atoms with Crippen molar-refractivity contribution in [3.8, 4) is 0 Å². The number of nitrogens with zero attached hydrogens (tertiary/aromatic N) is 7. The predicted octanol–water partition coefficient (Wildman–Crippen LogP) is 3.78. The Morgan fingerprint density at radius 1 is 0.977 bits per heavy atom. The summed E-state index contributed by atoms with van der Waals surface area (Å²) in [6.45, 7) is 12.9. The Balaban J connectivity index is 1.04. The van der Waals surface area contributed by atoms with E-state index in [2.05, 4.69) is 40.8 Å². The van der Waals surface area contributed by atoms with Gasteiger partial charge in [-0.2, -0.15) is 4.98 Å². The molecule has 228 valence electrons. The minimum Gasteiger partial charge on any atom is -0.465 e. The highest BCUT2D eigenvalue weighted by atomic mass is 16.6. The van der Waals surface area contributed by atoms with Gasteiger partial charge >= 0.3 is 6.09 Å². The lowest BCUT2D eigenvalue weighted by Crippen LogP contribution is -2.72. The highest BCUT2D eigenvalue weighted by molar-refractivity contribution is 5.90. The van der Waals surface area contributed by atoms with Crippen molar-refractivity contribution < 1.29 is 14.8 Å². The van der Waals surface area contributed by atoms with Gasteiger partial charge in [0.2, 0.25) is 5.95 Å². The van der Waals surface area contributed by atoms with Gasteiger partial charge in [-0.3, -0.25) is 19.9 Å². The van der Waals surface area contributed by atoms with Crippen LogP contribution in [0.4, 0.5) is 22.2 Å². The minimum absolute atomic E-state index is 0.00557. The van der Waals surface area contributed by atoms with Crippen LogP contribution >= 0.6 is 0 Å². The van der Waals surface area contributed by atoms with Crippen molar-refractivity contribution in [2.45, 2.75) is 45.3 Å². The molecule has 0 aliphatic carbocycles. The van der Waals surface area contributed by atoms with Crippen molar-refractivity contribution in [2.24, 2.45) is 5.41 Å². The first-order valence-corrected chi connectivity index (χ1v) is 15.0. The van der Waals surface area contributed by atoms with Crippen LogP contribution in [0.15, 0.2) is 48.5 Å². The van der Waals surface area contributed by atoms with Gasteiger partial charge in [0.15, 0.2) is 0 Å². The van der Waals surface area contributed by atoms with Gasteiger partial charge in [-0.1, -0.05) is 45.0 Å². The van der Waals surface area contributed by atoms with Gasteiger partial charge < -0.3 is 20.2 Å². The van der Waals surface area contributed by atoms with Crippen LogP contribution in [0.1, 0.15) is 26.3 Å². The van der Waals surface area contributed by atoms with Crippen molar-refractivity contribution in [1.82, 2.24) is 24.7 Å². The third-order valence-corrected chi connectivity index (χ3v) is 9.17. The third kappa shape index (κ3) is 6.07. The summed E-state index contributed by atoms with van der Waals surface area (Å²) in [5.41, 5.74) is 1.91. The van der Waals surface area contributed by atoms with Crippen molar-refractivity contribution in [1.29, 1.82) is 0 Å². The zero-order chi connectivity index (χ0) is 30.3. The summed E-state index contributed by atoms with van der Waals surface area (Å²) in [5, 5.41) is 25.1.